The Hall–Kier alpha value is -2.29. The number of halogens is 5. The summed E-state index contributed by atoms with van der Waals surface area (Å²) in [5, 5.41) is 9.67. The lowest BCUT2D eigenvalue weighted by Crippen LogP contribution is -2.63. The number of nitrogens with one attached hydrogen (secondary N) is 1. The Kier molecular flexibility index (Phi) is 8.33. The summed E-state index contributed by atoms with van der Waals surface area (Å²) in [4.78, 5) is 14.5. The molecule has 0 atom stereocenters. The first-order valence-electron chi connectivity index (χ1n) is 11.2. The second-order valence-corrected chi connectivity index (χ2v) is 10.9. The van der Waals surface area contributed by atoms with Crippen molar-refractivity contribution in [1.29, 1.82) is 0 Å². The van der Waals surface area contributed by atoms with Crippen molar-refractivity contribution < 1.29 is 30.8 Å². The Morgan fingerprint density at radius 1 is 1.06 bits per heavy atom. The van der Waals surface area contributed by atoms with Crippen LogP contribution >= 0.6 is 12.4 Å². The Labute approximate surface area is 212 Å². The minimum Gasteiger partial charge on any atom is -0.350 e. The number of aryl methyl sites for hydroxylation is 1. The van der Waals surface area contributed by atoms with Crippen LogP contribution < -0.4 is 5.32 Å². The molecule has 1 saturated heterocycles. The molecule has 0 spiro atoms. The molecule has 1 aliphatic heterocycles. The molecule has 1 aliphatic carbocycles. The van der Waals surface area contributed by atoms with E-state index < -0.39 is 57.4 Å². The lowest BCUT2D eigenvalue weighted by atomic mass is 9.78. The molecule has 1 aromatic carbocycles. The van der Waals surface area contributed by atoms with Crippen molar-refractivity contribution in [2.75, 3.05) is 32.7 Å². The third-order valence-electron chi connectivity index (χ3n) is 6.78. The fourth-order valence-electron chi connectivity index (χ4n) is 4.71. The van der Waals surface area contributed by atoms with Crippen LogP contribution in [0.4, 0.5) is 17.6 Å². The van der Waals surface area contributed by atoms with Gasteiger partial charge in [0.15, 0.2) is 0 Å². The van der Waals surface area contributed by atoms with Crippen LogP contribution in [-0.4, -0.2) is 82.7 Å². The molecular formula is C21H27ClF4N6O3S. The molecule has 2 aliphatic rings. The predicted molar refractivity (Wildman–Crippen MR) is 123 cm³/mol. The van der Waals surface area contributed by atoms with Crippen LogP contribution in [-0.2, 0) is 17.1 Å². The van der Waals surface area contributed by atoms with E-state index in [9.17, 15) is 30.8 Å². The second kappa shape index (κ2) is 10.6. The van der Waals surface area contributed by atoms with Gasteiger partial charge in [-0.1, -0.05) is 11.3 Å². The van der Waals surface area contributed by atoms with Crippen LogP contribution in [0.15, 0.2) is 29.4 Å². The zero-order valence-electron chi connectivity index (χ0n) is 19.5. The summed E-state index contributed by atoms with van der Waals surface area (Å²) in [6, 6.07) is 3.07. The van der Waals surface area contributed by atoms with Crippen LogP contribution in [0.2, 0.25) is 0 Å². The number of nitrogens with zero attached hydrogens (tertiary/aromatic N) is 5. The molecule has 9 nitrogen and oxygen atoms in total. The van der Waals surface area contributed by atoms with Gasteiger partial charge in [-0.05, 0) is 25.0 Å². The summed E-state index contributed by atoms with van der Waals surface area (Å²) in [7, 11) is -2.32. The van der Waals surface area contributed by atoms with Gasteiger partial charge in [-0.2, -0.15) is 4.31 Å². The van der Waals surface area contributed by atoms with Gasteiger partial charge in [0.05, 0.1) is 6.20 Å². The summed E-state index contributed by atoms with van der Waals surface area (Å²) in [6.07, 6.45) is 0.557. The smallest absolute Gasteiger partial charge is 0.264 e. The molecule has 1 saturated carbocycles. The Morgan fingerprint density at radius 3 is 2.17 bits per heavy atom. The van der Waals surface area contributed by atoms with Crippen LogP contribution in [0.25, 0.3) is 0 Å². The lowest BCUT2D eigenvalue weighted by molar-refractivity contribution is -0.0856. The maximum atomic E-state index is 14.0. The summed E-state index contributed by atoms with van der Waals surface area (Å²) in [6.45, 7) is 0.538. The third-order valence-corrected chi connectivity index (χ3v) is 8.54. The Morgan fingerprint density at radius 2 is 1.64 bits per heavy atom. The number of amides is 1. The zero-order valence-corrected chi connectivity index (χ0v) is 21.1. The molecular weight excluding hydrogens is 528 g/mol. The average Bonchev–Trinajstić information content (AvgIpc) is 3.26. The molecule has 1 N–H and O–H groups in total. The molecule has 36 heavy (non-hydrogen) atoms. The molecule has 0 radical (unpaired) electrons. The van der Waals surface area contributed by atoms with E-state index in [0.29, 0.717) is 0 Å². The number of benzene rings is 1. The molecule has 2 fully saturated rings. The van der Waals surface area contributed by atoms with Gasteiger partial charge in [0.25, 0.3) is 15.9 Å². The normalized spacial score (nSPS) is 20.5. The maximum Gasteiger partial charge on any atom is 0.264 e. The second-order valence-electron chi connectivity index (χ2n) is 8.98. The minimum absolute atomic E-state index is 0. The van der Waals surface area contributed by atoms with E-state index in [1.807, 2.05) is 4.90 Å². The number of hydrogen-bond donors (Lipinski definition) is 1. The van der Waals surface area contributed by atoms with Crippen molar-refractivity contribution in [2.45, 2.75) is 42.2 Å². The fraction of sp³-hybridized carbons (Fsp3) is 0.571. The van der Waals surface area contributed by atoms with Crippen LogP contribution in [0.5, 0.6) is 0 Å². The number of carbonyl (C=O) groups is 1. The molecule has 0 unspecified atom stereocenters. The highest BCUT2D eigenvalue weighted by atomic mass is 35.5. The van der Waals surface area contributed by atoms with Crippen molar-refractivity contribution in [1.82, 2.24) is 29.5 Å². The van der Waals surface area contributed by atoms with Gasteiger partial charge in [-0.3, -0.25) is 14.4 Å². The first kappa shape index (κ1) is 28.3. The SMILES string of the molecule is Cl.Cn1cc(S(=O)(=O)N2CCN(C3(CNC(=O)c4c(F)cccc4F)CCC(F)(F)CC3)CC2)nn1. The third kappa shape index (κ3) is 5.66. The number of alkyl halides is 2. The molecule has 1 aromatic heterocycles. The van der Waals surface area contributed by atoms with Gasteiger partial charge in [-0.15, -0.1) is 17.5 Å². The largest absolute Gasteiger partial charge is 0.350 e. The molecule has 1 amide bonds. The van der Waals surface area contributed by atoms with Crippen molar-refractivity contribution >= 4 is 28.3 Å². The van der Waals surface area contributed by atoms with Gasteiger partial charge in [-0.25, -0.2) is 26.0 Å². The molecule has 2 heterocycles. The number of hydrogen-bond acceptors (Lipinski definition) is 6. The first-order valence-corrected chi connectivity index (χ1v) is 12.6. The predicted octanol–water partition coefficient (Wildman–Crippen LogP) is 2.20. The number of rotatable bonds is 6. The van der Waals surface area contributed by atoms with E-state index in [1.165, 1.54) is 15.2 Å². The van der Waals surface area contributed by atoms with Gasteiger partial charge in [0.2, 0.25) is 10.9 Å². The summed E-state index contributed by atoms with van der Waals surface area (Å²) in [5.74, 6) is -5.85. The number of piperazine rings is 1. The van der Waals surface area contributed by atoms with E-state index >= 15 is 0 Å². The van der Waals surface area contributed by atoms with Gasteiger partial charge < -0.3 is 5.32 Å². The van der Waals surface area contributed by atoms with Crippen LogP contribution in [0, 0.1) is 11.6 Å². The Bertz CT molecular complexity index is 1170. The van der Waals surface area contributed by atoms with E-state index in [4.69, 9.17) is 0 Å². The van der Waals surface area contributed by atoms with Crippen molar-refractivity contribution in [3.63, 3.8) is 0 Å². The lowest BCUT2D eigenvalue weighted by Gasteiger charge is -2.50. The molecule has 200 valence electrons. The van der Waals surface area contributed by atoms with Crippen molar-refractivity contribution in [2.24, 2.45) is 7.05 Å². The number of sulfonamides is 1. The van der Waals surface area contributed by atoms with Crippen molar-refractivity contribution in [3.8, 4) is 0 Å². The molecule has 4 rings (SSSR count). The minimum atomic E-state index is -3.87. The average molecular weight is 555 g/mol. The molecule has 15 heteroatoms. The monoisotopic (exact) mass is 554 g/mol. The number of aromatic nitrogens is 3. The molecule has 2 aromatic rings. The van der Waals surface area contributed by atoms with Crippen molar-refractivity contribution in [3.05, 3.63) is 41.6 Å². The highest BCUT2D eigenvalue weighted by molar-refractivity contribution is 7.89. The first-order chi connectivity index (χ1) is 16.4. The Balaban J connectivity index is 0.00000361. The quantitative estimate of drug-likeness (QED) is 0.550. The summed E-state index contributed by atoms with van der Waals surface area (Å²) in [5.41, 5.74) is -1.63. The van der Waals surface area contributed by atoms with E-state index in [2.05, 4.69) is 15.6 Å². The van der Waals surface area contributed by atoms with Gasteiger partial charge in [0, 0.05) is 58.2 Å². The van der Waals surface area contributed by atoms with E-state index in [-0.39, 0.29) is 63.0 Å². The summed E-state index contributed by atoms with van der Waals surface area (Å²) >= 11 is 0. The fourth-order valence-corrected chi connectivity index (χ4v) is 6.05. The van der Waals surface area contributed by atoms with Crippen LogP contribution in [0.1, 0.15) is 36.0 Å². The summed E-state index contributed by atoms with van der Waals surface area (Å²) < 4.78 is 84.3. The van der Waals surface area contributed by atoms with E-state index in [1.54, 1.807) is 7.05 Å². The molecule has 0 bridgehead atoms. The van der Waals surface area contributed by atoms with Gasteiger partial charge >= 0.3 is 0 Å². The topological polar surface area (TPSA) is 100 Å². The van der Waals surface area contributed by atoms with Gasteiger partial charge in [0.1, 0.15) is 17.2 Å². The van der Waals surface area contributed by atoms with E-state index in [0.717, 1.165) is 18.2 Å². The maximum absolute atomic E-state index is 14.0. The van der Waals surface area contributed by atoms with Crippen LogP contribution in [0.3, 0.4) is 0 Å². The standard InChI is InChI=1S/C21H26F4N6O3S.ClH/c1-29-13-17(27-28-29)35(33,34)31-11-9-30(10-12-31)20(5-7-21(24,25)8-6-20)14-26-19(32)18-15(22)3-2-4-16(18)23;/h2-4,13H,5-12,14H2,1H3,(H,26,32);1H. The zero-order chi connectivity index (χ0) is 25.4. The highest BCUT2D eigenvalue weighted by Gasteiger charge is 2.48. The number of carbonyl (C=O) groups excluding carboxylic acids is 1. The highest BCUT2D eigenvalue weighted by Crippen LogP contribution is 2.42.